The zero-order chi connectivity index (χ0) is 17.1. The molecule has 2 aromatic rings. The van der Waals surface area contributed by atoms with Crippen molar-refractivity contribution in [3.8, 4) is 23.0 Å². The maximum atomic E-state index is 12.1. The van der Waals surface area contributed by atoms with Gasteiger partial charge in [0.2, 0.25) is 0 Å². The van der Waals surface area contributed by atoms with Gasteiger partial charge in [0.25, 0.3) is 5.91 Å². The molecule has 24 heavy (non-hydrogen) atoms. The van der Waals surface area contributed by atoms with Crippen LogP contribution in [0, 0.1) is 6.92 Å². The average Bonchev–Trinajstić information content (AvgIpc) is 2.56. The van der Waals surface area contributed by atoms with E-state index in [1.165, 1.54) is 18.3 Å². The van der Waals surface area contributed by atoms with Crippen LogP contribution in [0.2, 0.25) is 0 Å². The number of benzene rings is 2. The zero-order valence-corrected chi connectivity index (χ0v) is 12.9. The van der Waals surface area contributed by atoms with E-state index in [0.29, 0.717) is 41.4 Å². The minimum atomic E-state index is -0.417. The molecule has 0 fully saturated rings. The van der Waals surface area contributed by atoms with Crippen molar-refractivity contribution in [2.45, 2.75) is 6.92 Å². The number of hydrazone groups is 1. The molecule has 3 rings (SSSR count). The van der Waals surface area contributed by atoms with Gasteiger partial charge in [0.05, 0.1) is 6.21 Å². The molecule has 0 bridgehead atoms. The van der Waals surface area contributed by atoms with E-state index in [4.69, 9.17) is 9.47 Å². The van der Waals surface area contributed by atoms with E-state index >= 15 is 0 Å². The Bertz CT molecular complexity index is 794. The number of nitrogens with one attached hydrogen (secondary N) is 1. The molecule has 7 nitrogen and oxygen atoms in total. The van der Waals surface area contributed by atoms with Crippen LogP contribution in [0.4, 0.5) is 0 Å². The molecule has 2 aromatic carbocycles. The van der Waals surface area contributed by atoms with Crippen molar-refractivity contribution in [3.05, 3.63) is 47.0 Å². The second-order valence-corrected chi connectivity index (χ2v) is 5.25. The predicted octanol–water partition coefficient (Wildman–Crippen LogP) is 1.94. The van der Waals surface area contributed by atoms with Crippen LogP contribution in [0.25, 0.3) is 0 Å². The van der Waals surface area contributed by atoms with Crippen LogP contribution in [0.15, 0.2) is 35.4 Å². The number of nitrogens with zero attached hydrogens (tertiary/aromatic N) is 1. The van der Waals surface area contributed by atoms with Crippen molar-refractivity contribution < 1.29 is 24.5 Å². The second kappa shape index (κ2) is 6.49. The first-order valence-electron chi connectivity index (χ1n) is 7.30. The average molecular weight is 328 g/mol. The highest BCUT2D eigenvalue weighted by Gasteiger charge is 2.14. The van der Waals surface area contributed by atoms with Crippen LogP contribution in [0.3, 0.4) is 0 Å². The van der Waals surface area contributed by atoms with Gasteiger partial charge in [-0.2, -0.15) is 5.10 Å². The lowest BCUT2D eigenvalue weighted by Gasteiger charge is -2.18. The summed E-state index contributed by atoms with van der Waals surface area (Å²) in [4.78, 5) is 12.1. The molecule has 0 atom stereocenters. The second-order valence-electron chi connectivity index (χ2n) is 5.25. The molecule has 0 saturated carbocycles. The Hall–Kier alpha value is -3.22. The Morgan fingerprint density at radius 2 is 1.92 bits per heavy atom. The molecule has 1 amide bonds. The third-order valence-corrected chi connectivity index (χ3v) is 3.51. The fourth-order valence-electron chi connectivity index (χ4n) is 2.33. The van der Waals surface area contributed by atoms with Gasteiger partial charge in [0.15, 0.2) is 11.5 Å². The summed E-state index contributed by atoms with van der Waals surface area (Å²) in [6.45, 7) is 2.64. The van der Waals surface area contributed by atoms with Crippen LogP contribution >= 0.6 is 0 Å². The smallest absolute Gasteiger partial charge is 0.271 e. The van der Waals surface area contributed by atoms with Crippen LogP contribution in [-0.4, -0.2) is 35.5 Å². The van der Waals surface area contributed by atoms with E-state index in [1.807, 2.05) is 0 Å². The maximum absolute atomic E-state index is 12.1. The zero-order valence-electron chi connectivity index (χ0n) is 12.9. The number of phenolic OH excluding ortho intramolecular Hbond substituents is 2. The summed E-state index contributed by atoms with van der Waals surface area (Å²) in [6.07, 6.45) is 1.32. The molecule has 7 heteroatoms. The number of aryl methyl sites for hydroxylation is 1. The maximum Gasteiger partial charge on any atom is 0.271 e. The highest BCUT2D eigenvalue weighted by Crippen LogP contribution is 2.30. The summed E-state index contributed by atoms with van der Waals surface area (Å²) in [5.74, 6) is 0.544. The van der Waals surface area contributed by atoms with Gasteiger partial charge in [-0.3, -0.25) is 4.79 Å². The first-order valence-corrected chi connectivity index (χ1v) is 7.30. The molecular weight excluding hydrogens is 312 g/mol. The van der Waals surface area contributed by atoms with E-state index in [1.54, 1.807) is 25.1 Å². The Morgan fingerprint density at radius 3 is 2.67 bits per heavy atom. The number of phenols is 2. The lowest BCUT2D eigenvalue weighted by atomic mass is 10.1. The molecule has 0 radical (unpaired) electrons. The van der Waals surface area contributed by atoms with Crippen molar-refractivity contribution in [1.29, 1.82) is 0 Å². The quantitative estimate of drug-likeness (QED) is 0.590. The summed E-state index contributed by atoms with van der Waals surface area (Å²) in [7, 11) is 0. The number of rotatable bonds is 3. The number of fused-ring (bicyclic) bond motifs is 1. The van der Waals surface area contributed by atoms with Crippen LogP contribution in [-0.2, 0) is 0 Å². The molecule has 0 saturated heterocycles. The Kier molecular flexibility index (Phi) is 4.24. The lowest BCUT2D eigenvalue weighted by Crippen LogP contribution is -2.19. The topological polar surface area (TPSA) is 100 Å². The van der Waals surface area contributed by atoms with Gasteiger partial charge in [0.1, 0.15) is 24.7 Å². The van der Waals surface area contributed by atoms with E-state index in [2.05, 4.69) is 10.5 Å². The first kappa shape index (κ1) is 15.7. The monoisotopic (exact) mass is 328 g/mol. The van der Waals surface area contributed by atoms with Crippen molar-refractivity contribution in [3.63, 3.8) is 0 Å². The van der Waals surface area contributed by atoms with E-state index in [0.717, 1.165) is 0 Å². The van der Waals surface area contributed by atoms with Gasteiger partial charge in [-0.15, -0.1) is 0 Å². The van der Waals surface area contributed by atoms with Gasteiger partial charge in [0, 0.05) is 17.2 Å². The molecule has 0 aliphatic carbocycles. The van der Waals surface area contributed by atoms with Gasteiger partial charge < -0.3 is 19.7 Å². The number of hydrogen-bond acceptors (Lipinski definition) is 6. The molecule has 3 N–H and O–H groups in total. The van der Waals surface area contributed by atoms with Crippen molar-refractivity contribution in [1.82, 2.24) is 5.43 Å². The number of hydrogen-bond donors (Lipinski definition) is 3. The van der Waals surface area contributed by atoms with Crippen LogP contribution in [0.5, 0.6) is 23.0 Å². The largest absolute Gasteiger partial charge is 0.508 e. The molecule has 124 valence electrons. The standard InChI is InChI=1S/C17H16N2O5/c1-10-6-12(20)8-14(21)13(10)9-18-19-17(22)11-2-3-15-16(7-11)24-5-4-23-15/h2-3,6-9,20-21H,4-5H2,1H3,(H,19,22)/b18-9+. The summed E-state index contributed by atoms with van der Waals surface area (Å²) in [5.41, 5.74) is 3.80. The normalized spacial score (nSPS) is 13.0. The summed E-state index contributed by atoms with van der Waals surface area (Å²) in [6, 6.07) is 7.56. The minimum Gasteiger partial charge on any atom is -0.508 e. The lowest BCUT2D eigenvalue weighted by molar-refractivity contribution is 0.0954. The number of aromatic hydroxyl groups is 2. The van der Waals surface area contributed by atoms with Gasteiger partial charge >= 0.3 is 0 Å². The highest BCUT2D eigenvalue weighted by atomic mass is 16.6. The Labute approximate surface area is 138 Å². The fourth-order valence-corrected chi connectivity index (χ4v) is 2.33. The predicted molar refractivity (Wildman–Crippen MR) is 87.0 cm³/mol. The van der Waals surface area contributed by atoms with Crippen LogP contribution < -0.4 is 14.9 Å². The summed E-state index contributed by atoms with van der Waals surface area (Å²) < 4.78 is 10.8. The minimum absolute atomic E-state index is 0.0394. The number of carbonyl (C=O) groups excluding carboxylic acids is 1. The third kappa shape index (κ3) is 3.24. The molecule has 1 aliphatic heterocycles. The first-order chi connectivity index (χ1) is 11.5. The highest BCUT2D eigenvalue weighted by molar-refractivity contribution is 5.96. The molecule has 0 aromatic heterocycles. The number of ether oxygens (including phenoxy) is 2. The van der Waals surface area contributed by atoms with Crippen molar-refractivity contribution >= 4 is 12.1 Å². The van der Waals surface area contributed by atoms with Crippen molar-refractivity contribution in [2.75, 3.05) is 13.2 Å². The van der Waals surface area contributed by atoms with E-state index in [-0.39, 0.29) is 11.5 Å². The molecule has 0 spiro atoms. The third-order valence-electron chi connectivity index (χ3n) is 3.51. The number of amides is 1. The molecule has 1 heterocycles. The Morgan fingerprint density at radius 1 is 1.17 bits per heavy atom. The number of carbonyl (C=O) groups is 1. The van der Waals surface area contributed by atoms with Crippen LogP contribution in [0.1, 0.15) is 21.5 Å². The van der Waals surface area contributed by atoms with Crippen molar-refractivity contribution in [2.24, 2.45) is 5.10 Å². The van der Waals surface area contributed by atoms with Gasteiger partial charge in [-0.05, 0) is 36.8 Å². The summed E-state index contributed by atoms with van der Waals surface area (Å²) >= 11 is 0. The molecule has 0 unspecified atom stereocenters. The molecule has 1 aliphatic rings. The summed E-state index contributed by atoms with van der Waals surface area (Å²) in [5, 5.41) is 23.0. The van der Waals surface area contributed by atoms with Gasteiger partial charge in [-0.1, -0.05) is 0 Å². The Balaban J connectivity index is 1.72. The van der Waals surface area contributed by atoms with E-state index < -0.39 is 5.91 Å². The van der Waals surface area contributed by atoms with Gasteiger partial charge in [-0.25, -0.2) is 5.43 Å². The molecular formula is C17H16N2O5. The fraction of sp³-hybridized carbons (Fsp3) is 0.176. The van der Waals surface area contributed by atoms with E-state index in [9.17, 15) is 15.0 Å². The SMILES string of the molecule is Cc1cc(O)cc(O)c1/C=N/NC(=O)c1ccc2c(c1)OCCO2.